The predicted octanol–water partition coefficient (Wildman–Crippen LogP) is -0.889. The highest BCUT2D eigenvalue weighted by molar-refractivity contribution is 6.04. The number of carbonyl (C=O) groups excluding carboxylic acids is 3. The zero-order valence-electron chi connectivity index (χ0n) is 11.1. The number of urea groups is 2. The maximum absolute atomic E-state index is 12.1. The molecule has 8 heteroatoms. The molecule has 3 heterocycles. The Kier molecular flexibility index (Phi) is 3.47. The van der Waals surface area contributed by atoms with Gasteiger partial charge >= 0.3 is 12.1 Å². The van der Waals surface area contributed by atoms with E-state index in [2.05, 4.69) is 10.6 Å². The van der Waals surface area contributed by atoms with E-state index >= 15 is 0 Å². The standard InChI is InChI=1S/C12H18N4O4/c17-10-9-7-15(3-4-16(9)12(19)14-10)11(18)13-6-8-2-1-5-20-8/h8-9H,1-7H2,(H,13,18)(H,14,17,19)/t8-,9+/m1/s1. The number of fused-ring (bicyclic) bond motifs is 1. The van der Waals surface area contributed by atoms with Crippen LogP contribution in [-0.2, 0) is 9.53 Å². The van der Waals surface area contributed by atoms with Crippen LogP contribution >= 0.6 is 0 Å². The Hall–Kier alpha value is -1.83. The SMILES string of the molecule is O=C1NC(=O)N2CCN(C(=O)NC[C@H]3CCCO3)C[C@@H]12. The van der Waals surface area contributed by atoms with Crippen molar-refractivity contribution in [1.82, 2.24) is 20.4 Å². The highest BCUT2D eigenvalue weighted by Gasteiger charge is 2.43. The number of piperazine rings is 1. The molecular formula is C12H18N4O4. The predicted molar refractivity (Wildman–Crippen MR) is 68.0 cm³/mol. The molecule has 8 nitrogen and oxygen atoms in total. The number of nitrogens with zero attached hydrogens (tertiary/aromatic N) is 2. The number of carbonyl (C=O) groups is 3. The quantitative estimate of drug-likeness (QED) is 0.643. The van der Waals surface area contributed by atoms with E-state index < -0.39 is 6.04 Å². The second-order valence-electron chi connectivity index (χ2n) is 5.27. The molecule has 0 aromatic heterocycles. The van der Waals surface area contributed by atoms with E-state index in [1.165, 1.54) is 4.90 Å². The smallest absolute Gasteiger partial charge is 0.324 e. The first-order valence-electron chi connectivity index (χ1n) is 6.91. The van der Waals surface area contributed by atoms with Crippen LogP contribution in [0.3, 0.4) is 0 Å². The molecule has 5 amide bonds. The first-order chi connectivity index (χ1) is 9.65. The van der Waals surface area contributed by atoms with Crippen molar-refractivity contribution >= 4 is 18.0 Å². The van der Waals surface area contributed by atoms with E-state index in [-0.39, 0.29) is 30.6 Å². The Balaban J connectivity index is 1.51. The Morgan fingerprint density at radius 3 is 3.00 bits per heavy atom. The third kappa shape index (κ3) is 2.43. The van der Waals surface area contributed by atoms with Gasteiger partial charge in [-0.15, -0.1) is 0 Å². The summed E-state index contributed by atoms with van der Waals surface area (Å²) in [6.07, 6.45) is 2.09. The molecular weight excluding hydrogens is 264 g/mol. The van der Waals surface area contributed by atoms with Crippen LogP contribution in [0.2, 0.25) is 0 Å². The van der Waals surface area contributed by atoms with Gasteiger partial charge in [-0.05, 0) is 12.8 Å². The Labute approximate surface area is 116 Å². The van der Waals surface area contributed by atoms with E-state index in [1.807, 2.05) is 0 Å². The lowest BCUT2D eigenvalue weighted by Gasteiger charge is -2.35. The van der Waals surface area contributed by atoms with Gasteiger partial charge in [-0.1, -0.05) is 0 Å². The summed E-state index contributed by atoms with van der Waals surface area (Å²) in [6, 6.07) is -1.11. The zero-order valence-corrected chi connectivity index (χ0v) is 11.1. The summed E-state index contributed by atoms with van der Waals surface area (Å²) in [6.45, 7) is 2.32. The Morgan fingerprint density at radius 2 is 2.25 bits per heavy atom. The largest absolute Gasteiger partial charge is 0.376 e. The molecule has 3 aliphatic heterocycles. The number of rotatable bonds is 2. The Morgan fingerprint density at radius 1 is 1.40 bits per heavy atom. The minimum atomic E-state index is -0.551. The molecule has 20 heavy (non-hydrogen) atoms. The molecule has 110 valence electrons. The lowest BCUT2D eigenvalue weighted by Crippen LogP contribution is -2.57. The maximum Gasteiger partial charge on any atom is 0.324 e. The topological polar surface area (TPSA) is 91.0 Å². The lowest BCUT2D eigenvalue weighted by atomic mass is 10.2. The molecule has 2 N–H and O–H groups in total. The molecule has 3 aliphatic rings. The number of ether oxygens (including phenoxy) is 1. The van der Waals surface area contributed by atoms with Crippen molar-refractivity contribution in [1.29, 1.82) is 0 Å². The van der Waals surface area contributed by atoms with E-state index in [9.17, 15) is 14.4 Å². The number of hydrogen-bond acceptors (Lipinski definition) is 4. The number of amides is 5. The van der Waals surface area contributed by atoms with Gasteiger partial charge in [0.25, 0.3) is 5.91 Å². The van der Waals surface area contributed by atoms with E-state index in [0.29, 0.717) is 19.6 Å². The van der Waals surface area contributed by atoms with Crippen molar-refractivity contribution in [2.45, 2.75) is 25.0 Å². The van der Waals surface area contributed by atoms with E-state index in [0.717, 1.165) is 19.4 Å². The summed E-state index contributed by atoms with van der Waals surface area (Å²) in [5, 5.41) is 5.09. The van der Waals surface area contributed by atoms with Gasteiger partial charge in [-0.2, -0.15) is 0 Å². The minimum absolute atomic E-state index is 0.0941. The average Bonchev–Trinajstić information content (AvgIpc) is 3.05. The van der Waals surface area contributed by atoms with Crippen LogP contribution in [0.25, 0.3) is 0 Å². The fourth-order valence-corrected chi connectivity index (χ4v) is 2.81. The van der Waals surface area contributed by atoms with Crippen molar-refractivity contribution in [2.24, 2.45) is 0 Å². The molecule has 0 spiro atoms. The lowest BCUT2D eigenvalue weighted by molar-refractivity contribution is -0.122. The first kappa shape index (κ1) is 13.2. The molecule has 3 saturated heterocycles. The van der Waals surface area contributed by atoms with Crippen LogP contribution in [0.1, 0.15) is 12.8 Å². The van der Waals surface area contributed by atoms with Gasteiger partial charge in [-0.25, -0.2) is 9.59 Å². The zero-order chi connectivity index (χ0) is 14.1. The van der Waals surface area contributed by atoms with Gasteiger partial charge in [0.1, 0.15) is 6.04 Å². The van der Waals surface area contributed by atoms with Gasteiger partial charge in [-0.3, -0.25) is 10.1 Å². The van der Waals surface area contributed by atoms with E-state index in [1.54, 1.807) is 4.90 Å². The summed E-state index contributed by atoms with van der Waals surface area (Å²) in [5.41, 5.74) is 0. The van der Waals surface area contributed by atoms with Gasteiger partial charge < -0.3 is 19.9 Å². The van der Waals surface area contributed by atoms with Crippen LogP contribution in [0.5, 0.6) is 0 Å². The minimum Gasteiger partial charge on any atom is -0.376 e. The maximum atomic E-state index is 12.1. The summed E-state index contributed by atoms with van der Waals surface area (Å²) in [4.78, 5) is 38.2. The average molecular weight is 282 g/mol. The fraction of sp³-hybridized carbons (Fsp3) is 0.750. The molecule has 3 fully saturated rings. The van der Waals surface area contributed by atoms with Crippen LogP contribution < -0.4 is 10.6 Å². The molecule has 0 aromatic rings. The van der Waals surface area contributed by atoms with Gasteiger partial charge in [0, 0.05) is 26.2 Å². The number of nitrogens with one attached hydrogen (secondary N) is 2. The van der Waals surface area contributed by atoms with Crippen molar-refractivity contribution in [2.75, 3.05) is 32.8 Å². The summed E-state index contributed by atoms with van der Waals surface area (Å²) < 4.78 is 5.44. The first-order valence-corrected chi connectivity index (χ1v) is 6.91. The number of hydrogen-bond donors (Lipinski definition) is 2. The monoisotopic (exact) mass is 282 g/mol. The molecule has 0 unspecified atom stereocenters. The van der Waals surface area contributed by atoms with Crippen molar-refractivity contribution in [3.63, 3.8) is 0 Å². The molecule has 0 bridgehead atoms. The third-order valence-corrected chi connectivity index (χ3v) is 3.97. The molecule has 2 atom stereocenters. The van der Waals surface area contributed by atoms with Gasteiger partial charge in [0.2, 0.25) is 0 Å². The fourth-order valence-electron chi connectivity index (χ4n) is 2.81. The van der Waals surface area contributed by atoms with Gasteiger partial charge in [0.15, 0.2) is 0 Å². The normalized spacial score (nSPS) is 29.4. The molecule has 0 aromatic carbocycles. The third-order valence-electron chi connectivity index (χ3n) is 3.97. The summed E-state index contributed by atoms with van der Waals surface area (Å²) in [7, 11) is 0. The highest BCUT2D eigenvalue weighted by atomic mass is 16.5. The highest BCUT2D eigenvalue weighted by Crippen LogP contribution is 2.15. The van der Waals surface area contributed by atoms with Crippen molar-refractivity contribution in [3.05, 3.63) is 0 Å². The molecule has 3 rings (SSSR count). The van der Waals surface area contributed by atoms with Gasteiger partial charge in [0.05, 0.1) is 12.6 Å². The molecule has 0 radical (unpaired) electrons. The molecule has 0 saturated carbocycles. The second kappa shape index (κ2) is 5.28. The van der Waals surface area contributed by atoms with Crippen molar-refractivity contribution < 1.29 is 19.1 Å². The van der Waals surface area contributed by atoms with Crippen LogP contribution in [-0.4, -0.2) is 72.7 Å². The van der Waals surface area contributed by atoms with Crippen LogP contribution in [0.15, 0.2) is 0 Å². The second-order valence-corrected chi connectivity index (χ2v) is 5.27. The van der Waals surface area contributed by atoms with E-state index in [4.69, 9.17) is 4.74 Å². The summed E-state index contributed by atoms with van der Waals surface area (Å²) in [5.74, 6) is -0.327. The Bertz CT molecular complexity index is 435. The molecule has 0 aliphatic carbocycles. The van der Waals surface area contributed by atoms with Crippen LogP contribution in [0.4, 0.5) is 9.59 Å². The van der Waals surface area contributed by atoms with Crippen LogP contribution in [0, 0.1) is 0 Å². The number of imide groups is 1. The summed E-state index contributed by atoms with van der Waals surface area (Å²) >= 11 is 0. The van der Waals surface area contributed by atoms with Crippen molar-refractivity contribution in [3.8, 4) is 0 Å².